The Morgan fingerprint density at radius 1 is 1.05 bits per heavy atom. The van der Waals surface area contributed by atoms with E-state index in [1.165, 1.54) is 0 Å². The van der Waals surface area contributed by atoms with Crippen LogP contribution in [0, 0.1) is 3.57 Å². The number of rotatable bonds is 8. The van der Waals surface area contributed by atoms with Gasteiger partial charge >= 0.3 is 6.09 Å². The molecular formula is C34H39IN2O5. The van der Waals surface area contributed by atoms with E-state index in [1.54, 1.807) is 11.0 Å². The first-order valence-electron chi connectivity index (χ1n) is 14.1. The minimum Gasteiger partial charge on any atom is -0.488 e. The van der Waals surface area contributed by atoms with Crippen molar-refractivity contribution in [3.8, 4) is 5.75 Å². The van der Waals surface area contributed by atoms with Crippen LogP contribution in [0.1, 0.15) is 58.2 Å². The number of benzene rings is 3. The van der Waals surface area contributed by atoms with E-state index in [-0.39, 0.29) is 11.9 Å². The second-order valence-electron chi connectivity index (χ2n) is 11.7. The number of anilines is 1. The molecule has 1 heterocycles. The molecule has 8 heteroatoms. The first-order chi connectivity index (χ1) is 19.9. The van der Waals surface area contributed by atoms with Crippen molar-refractivity contribution in [1.29, 1.82) is 0 Å². The quantitative estimate of drug-likeness (QED) is 0.194. The van der Waals surface area contributed by atoms with Crippen LogP contribution in [0.5, 0.6) is 5.75 Å². The van der Waals surface area contributed by atoms with Crippen molar-refractivity contribution in [3.63, 3.8) is 0 Å². The summed E-state index contributed by atoms with van der Waals surface area (Å²) in [6, 6.07) is 23.2. The molecule has 0 aromatic heterocycles. The summed E-state index contributed by atoms with van der Waals surface area (Å²) < 4.78 is 19.0. The van der Waals surface area contributed by atoms with Gasteiger partial charge in [0, 0.05) is 14.7 Å². The predicted molar refractivity (Wildman–Crippen MR) is 174 cm³/mol. The molecule has 0 spiro atoms. The molecule has 1 aliphatic heterocycles. The molecule has 0 radical (unpaired) electrons. The summed E-state index contributed by atoms with van der Waals surface area (Å²) in [7, 11) is 0. The Bertz CT molecular complexity index is 1450. The van der Waals surface area contributed by atoms with E-state index in [1.807, 2.05) is 114 Å². The highest BCUT2D eigenvalue weighted by Gasteiger charge is 2.45. The number of para-hydroxylation sites is 1. The highest BCUT2D eigenvalue weighted by molar-refractivity contribution is 14.1. The molecule has 0 saturated carbocycles. The lowest BCUT2D eigenvalue weighted by Crippen LogP contribution is -2.50. The third-order valence-corrected chi connectivity index (χ3v) is 7.80. The van der Waals surface area contributed by atoms with Gasteiger partial charge in [0.15, 0.2) is 0 Å². The lowest BCUT2D eigenvalue weighted by atomic mass is 9.97. The van der Waals surface area contributed by atoms with Crippen molar-refractivity contribution in [2.45, 2.75) is 71.9 Å². The van der Waals surface area contributed by atoms with Crippen LogP contribution in [0.2, 0.25) is 0 Å². The van der Waals surface area contributed by atoms with Crippen molar-refractivity contribution < 1.29 is 23.8 Å². The number of allylic oxidation sites excluding steroid dienone is 1. The summed E-state index contributed by atoms with van der Waals surface area (Å²) in [6.45, 7) is 11.9. The van der Waals surface area contributed by atoms with Crippen LogP contribution < -0.4 is 10.1 Å². The Hall–Kier alpha value is -3.37. The molecule has 222 valence electrons. The number of ether oxygens (including phenoxy) is 3. The molecule has 3 aromatic rings. The van der Waals surface area contributed by atoms with Crippen LogP contribution in [0.25, 0.3) is 5.57 Å². The molecule has 1 saturated heterocycles. The maximum absolute atomic E-state index is 13.6. The van der Waals surface area contributed by atoms with E-state index in [0.717, 1.165) is 20.4 Å². The first kappa shape index (κ1) is 31.6. The summed E-state index contributed by atoms with van der Waals surface area (Å²) in [5.41, 5.74) is 2.44. The second kappa shape index (κ2) is 13.3. The van der Waals surface area contributed by atoms with Gasteiger partial charge in [0.25, 0.3) is 5.91 Å². The zero-order valence-electron chi connectivity index (χ0n) is 25.1. The summed E-state index contributed by atoms with van der Waals surface area (Å²) in [6.07, 6.45) is 1.90. The van der Waals surface area contributed by atoms with E-state index >= 15 is 0 Å². The van der Waals surface area contributed by atoms with Crippen LogP contribution in [0.4, 0.5) is 10.5 Å². The molecular weight excluding hydrogens is 643 g/mol. The van der Waals surface area contributed by atoms with E-state index < -0.39 is 17.4 Å². The van der Waals surface area contributed by atoms with Crippen molar-refractivity contribution in [2.75, 3.05) is 11.9 Å². The van der Waals surface area contributed by atoms with Crippen molar-refractivity contribution in [3.05, 3.63) is 99.1 Å². The Kier molecular flexibility index (Phi) is 9.99. The molecule has 4 rings (SSSR count). The number of carbonyl (C=O) groups is 2. The van der Waals surface area contributed by atoms with Crippen molar-refractivity contribution in [1.82, 2.24) is 4.90 Å². The van der Waals surface area contributed by atoms with Gasteiger partial charge in [0.05, 0.1) is 18.3 Å². The van der Waals surface area contributed by atoms with Gasteiger partial charge in [-0.3, -0.25) is 9.69 Å². The molecule has 1 aliphatic rings. The van der Waals surface area contributed by atoms with Gasteiger partial charge in [-0.25, -0.2) is 4.79 Å². The van der Waals surface area contributed by atoms with Gasteiger partial charge in [-0.15, -0.1) is 0 Å². The largest absolute Gasteiger partial charge is 0.488 e. The fraction of sp³-hybridized carbons (Fsp3) is 0.353. The Labute approximate surface area is 262 Å². The van der Waals surface area contributed by atoms with Gasteiger partial charge < -0.3 is 19.5 Å². The van der Waals surface area contributed by atoms with Gasteiger partial charge in [0.2, 0.25) is 0 Å². The minimum atomic E-state index is -0.810. The summed E-state index contributed by atoms with van der Waals surface area (Å²) >= 11 is 2.21. The number of carbonyl (C=O) groups excluding carboxylic acids is 2. The topological polar surface area (TPSA) is 77.1 Å². The second-order valence-corrected chi connectivity index (χ2v) is 12.9. The smallest absolute Gasteiger partial charge is 0.412 e. The molecule has 0 unspecified atom stereocenters. The number of hydrogen-bond acceptors (Lipinski definition) is 5. The molecule has 2 amide bonds. The monoisotopic (exact) mass is 682 g/mol. The molecule has 3 aromatic carbocycles. The number of halogens is 1. The van der Waals surface area contributed by atoms with E-state index in [9.17, 15) is 9.59 Å². The Morgan fingerprint density at radius 3 is 2.40 bits per heavy atom. The number of amides is 2. The average molecular weight is 683 g/mol. The number of nitrogens with zero attached hydrogens (tertiary/aromatic N) is 1. The van der Waals surface area contributed by atoms with Gasteiger partial charge in [-0.1, -0.05) is 54.6 Å². The fourth-order valence-corrected chi connectivity index (χ4v) is 5.45. The molecule has 1 atom stereocenters. The molecule has 1 fully saturated rings. The van der Waals surface area contributed by atoms with Crippen LogP contribution in [-0.2, 0) is 27.3 Å². The van der Waals surface area contributed by atoms with Crippen molar-refractivity contribution >= 4 is 45.9 Å². The van der Waals surface area contributed by atoms with E-state index in [4.69, 9.17) is 14.2 Å². The molecule has 0 bridgehead atoms. The summed E-state index contributed by atoms with van der Waals surface area (Å²) in [5.74, 6) is 0.365. The molecule has 1 N–H and O–H groups in total. The third kappa shape index (κ3) is 7.92. The Balaban J connectivity index is 1.65. The molecule has 0 aliphatic carbocycles. The van der Waals surface area contributed by atoms with Crippen molar-refractivity contribution in [2.24, 2.45) is 0 Å². The maximum Gasteiger partial charge on any atom is 0.412 e. The van der Waals surface area contributed by atoms with Gasteiger partial charge in [-0.05, 0) is 106 Å². The summed E-state index contributed by atoms with van der Waals surface area (Å²) in [4.78, 5) is 28.5. The first-order valence-corrected chi connectivity index (χ1v) is 15.1. The molecule has 7 nitrogen and oxygen atoms in total. The SMILES string of the molecule is C/C=C(\C(=O)Nc1ccccc1I)c1cc(C[C@H]2COC(C)(C)N2C(=O)OC(C)(C)C)ccc1OCc1ccccc1. The van der Waals surface area contributed by atoms with Gasteiger partial charge in [-0.2, -0.15) is 0 Å². The zero-order valence-corrected chi connectivity index (χ0v) is 27.2. The van der Waals surface area contributed by atoms with Crippen LogP contribution in [0.3, 0.4) is 0 Å². The minimum absolute atomic E-state index is 0.232. The number of hydrogen-bond donors (Lipinski definition) is 1. The lowest BCUT2D eigenvalue weighted by molar-refractivity contribution is -0.111. The van der Waals surface area contributed by atoms with Gasteiger partial charge in [0.1, 0.15) is 23.7 Å². The zero-order chi connectivity index (χ0) is 30.5. The average Bonchev–Trinajstić information content (AvgIpc) is 3.23. The fourth-order valence-electron chi connectivity index (χ4n) is 4.92. The van der Waals surface area contributed by atoms with Crippen LogP contribution in [0.15, 0.2) is 78.9 Å². The van der Waals surface area contributed by atoms with Crippen LogP contribution in [-0.4, -0.2) is 40.9 Å². The van der Waals surface area contributed by atoms with E-state index in [0.29, 0.717) is 36.5 Å². The normalized spacial score (nSPS) is 16.7. The highest BCUT2D eigenvalue weighted by atomic mass is 127. The number of nitrogens with one attached hydrogen (secondary N) is 1. The van der Waals surface area contributed by atoms with E-state index in [2.05, 4.69) is 27.9 Å². The Morgan fingerprint density at radius 2 is 1.74 bits per heavy atom. The summed E-state index contributed by atoms with van der Waals surface area (Å²) in [5, 5.41) is 3.05. The lowest BCUT2D eigenvalue weighted by Gasteiger charge is -2.35. The predicted octanol–water partition coefficient (Wildman–Crippen LogP) is 7.83. The highest BCUT2D eigenvalue weighted by Crippen LogP contribution is 2.34. The molecule has 42 heavy (non-hydrogen) atoms. The van der Waals surface area contributed by atoms with Crippen LogP contribution >= 0.6 is 22.6 Å². The maximum atomic E-state index is 13.6. The standard InChI is InChI=1S/C34H39IN2O5/c1-7-26(31(38)36-29-16-12-11-15-28(29)35)27-20-24(17-18-30(27)40-21-23-13-9-8-10-14-23)19-25-22-41-34(5,6)37(25)32(39)42-33(2,3)4/h7-18,20,25H,19,21-22H2,1-6H3,(H,36,38)/b26-7-/t25-/m0/s1. The third-order valence-electron chi connectivity index (χ3n) is 6.86.